The van der Waals surface area contributed by atoms with E-state index < -0.39 is 0 Å². The molecule has 0 saturated carbocycles. The molecule has 0 aliphatic carbocycles. The molecule has 0 bridgehead atoms. The van der Waals surface area contributed by atoms with Gasteiger partial charge in [0.1, 0.15) is 5.15 Å². The molecule has 1 unspecified atom stereocenters. The number of halogens is 2. The van der Waals surface area contributed by atoms with Crippen molar-refractivity contribution in [1.82, 2.24) is 14.7 Å². The van der Waals surface area contributed by atoms with Gasteiger partial charge in [0, 0.05) is 31.1 Å². The van der Waals surface area contributed by atoms with Crippen LogP contribution >= 0.6 is 23.2 Å². The van der Waals surface area contributed by atoms with E-state index in [1.165, 1.54) is 25.7 Å². The van der Waals surface area contributed by atoms with Crippen LogP contribution in [0.1, 0.15) is 36.9 Å². The minimum atomic E-state index is 0.477. The van der Waals surface area contributed by atoms with E-state index in [2.05, 4.69) is 10.00 Å². The van der Waals surface area contributed by atoms with Crippen LogP contribution in [0.5, 0.6) is 0 Å². The summed E-state index contributed by atoms with van der Waals surface area (Å²) in [5.74, 6) is 0.705. The van der Waals surface area contributed by atoms with Crippen molar-refractivity contribution in [1.29, 1.82) is 0 Å². The van der Waals surface area contributed by atoms with Gasteiger partial charge in [-0.15, -0.1) is 11.6 Å². The Hall–Kier alpha value is -0.250. The summed E-state index contributed by atoms with van der Waals surface area (Å²) in [6.45, 7) is 4.01. The van der Waals surface area contributed by atoms with Gasteiger partial charge in [-0.3, -0.25) is 9.58 Å². The van der Waals surface area contributed by atoms with Gasteiger partial charge in [-0.25, -0.2) is 0 Å². The lowest BCUT2D eigenvalue weighted by atomic mass is 10.1. The fourth-order valence-electron chi connectivity index (χ4n) is 2.68. The van der Waals surface area contributed by atoms with Crippen molar-refractivity contribution in [2.24, 2.45) is 7.05 Å². The molecule has 3 nitrogen and oxygen atoms in total. The van der Waals surface area contributed by atoms with Crippen LogP contribution in [0.15, 0.2) is 0 Å². The van der Waals surface area contributed by atoms with Crippen molar-refractivity contribution in [2.45, 2.75) is 45.2 Å². The summed E-state index contributed by atoms with van der Waals surface area (Å²) in [5, 5.41) is 5.13. The number of rotatable bonds is 3. The highest BCUT2D eigenvalue weighted by molar-refractivity contribution is 6.30. The SMILES string of the molecule is Cc1nn(C)c(Cl)c1CN1CCCCCC1CCl. The number of hydrogen-bond acceptors (Lipinski definition) is 2. The largest absolute Gasteiger partial charge is 0.295 e. The van der Waals surface area contributed by atoms with Gasteiger partial charge in [-0.1, -0.05) is 24.4 Å². The molecule has 0 amide bonds. The molecule has 0 N–H and O–H groups in total. The molecule has 1 aliphatic rings. The van der Waals surface area contributed by atoms with Gasteiger partial charge in [0.05, 0.1) is 5.69 Å². The topological polar surface area (TPSA) is 21.1 Å². The van der Waals surface area contributed by atoms with Crippen molar-refractivity contribution < 1.29 is 0 Å². The fraction of sp³-hybridized carbons (Fsp3) is 0.769. The quantitative estimate of drug-likeness (QED) is 0.796. The van der Waals surface area contributed by atoms with Gasteiger partial charge in [-0.05, 0) is 26.3 Å². The second-order valence-electron chi connectivity index (χ2n) is 5.11. The molecule has 0 radical (unpaired) electrons. The highest BCUT2D eigenvalue weighted by Crippen LogP contribution is 2.25. The number of nitrogens with zero attached hydrogens (tertiary/aromatic N) is 3. The molecule has 1 fully saturated rings. The van der Waals surface area contributed by atoms with Gasteiger partial charge >= 0.3 is 0 Å². The van der Waals surface area contributed by atoms with Crippen LogP contribution in [0.25, 0.3) is 0 Å². The Morgan fingerprint density at radius 2 is 2.11 bits per heavy atom. The van der Waals surface area contributed by atoms with Crippen LogP contribution in [0.3, 0.4) is 0 Å². The number of likely N-dealkylation sites (tertiary alicyclic amines) is 1. The summed E-state index contributed by atoms with van der Waals surface area (Å²) in [6.07, 6.45) is 5.04. The Morgan fingerprint density at radius 3 is 2.72 bits per heavy atom. The van der Waals surface area contributed by atoms with E-state index in [4.69, 9.17) is 23.2 Å². The molecule has 5 heteroatoms. The fourth-order valence-corrected chi connectivity index (χ4v) is 3.26. The van der Waals surface area contributed by atoms with E-state index in [1.54, 1.807) is 4.68 Å². The van der Waals surface area contributed by atoms with Crippen molar-refractivity contribution >= 4 is 23.2 Å². The minimum absolute atomic E-state index is 0.477. The number of aryl methyl sites for hydroxylation is 2. The van der Waals surface area contributed by atoms with Crippen LogP contribution in [0, 0.1) is 6.92 Å². The molecule has 1 aromatic rings. The first-order chi connectivity index (χ1) is 8.63. The maximum atomic E-state index is 6.31. The van der Waals surface area contributed by atoms with E-state index >= 15 is 0 Å². The Labute approximate surface area is 119 Å². The Kier molecular flexibility index (Phi) is 4.93. The zero-order chi connectivity index (χ0) is 13.1. The maximum Gasteiger partial charge on any atom is 0.131 e. The summed E-state index contributed by atoms with van der Waals surface area (Å²) >= 11 is 12.4. The minimum Gasteiger partial charge on any atom is -0.295 e. The van der Waals surface area contributed by atoms with Crippen LogP contribution in [0.2, 0.25) is 5.15 Å². The average molecular weight is 290 g/mol. The highest BCUT2D eigenvalue weighted by Gasteiger charge is 2.23. The molecular formula is C13H21Cl2N3. The van der Waals surface area contributed by atoms with Gasteiger partial charge in [0.25, 0.3) is 0 Å². The van der Waals surface area contributed by atoms with Crippen molar-refractivity contribution in [3.8, 4) is 0 Å². The summed E-state index contributed by atoms with van der Waals surface area (Å²) in [6, 6.07) is 0.477. The van der Waals surface area contributed by atoms with Crippen LogP contribution in [0.4, 0.5) is 0 Å². The zero-order valence-electron chi connectivity index (χ0n) is 11.1. The monoisotopic (exact) mass is 289 g/mol. The molecule has 102 valence electrons. The van der Waals surface area contributed by atoms with Gasteiger partial charge < -0.3 is 0 Å². The van der Waals surface area contributed by atoms with Crippen molar-refractivity contribution in [3.05, 3.63) is 16.4 Å². The third kappa shape index (κ3) is 3.01. The molecule has 2 heterocycles. The smallest absolute Gasteiger partial charge is 0.131 e. The van der Waals surface area contributed by atoms with Gasteiger partial charge in [0.2, 0.25) is 0 Å². The Bertz CT molecular complexity index is 403. The van der Waals surface area contributed by atoms with E-state index in [-0.39, 0.29) is 0 Å². The Balaban J connectivity index is 2.15. The first kappa shape index (κ1) is 14.2. The highest BCUT2D eigenvalue weighted by atomic mass is 35.5. The first-order valence-electron chi connectivity index (χ1n) is 6.61. The first-order valence-corrected chi connectivity index (χ1v) is 7.52. The van der Waals surface area contributed by atoms with Gasteiger partial charge in [-0.2, -0.15) is 5.10 Å². The second kappa shape index (κ2) is 6.27. The van der Waals surface area contributed by atoms with Crippen molar-refractivity contribution in [2.75, 3.05) is 12.4 Å². The molecule has 2 rings (SSSR count). The molecule has 1 aliphatic heterocycles. The lowest BCUT2D eigenvalue weighted by molar-refractivity contribution is 0.207. The van der Waals surface area contributed by atoms with Gasteiger partial charge in [0.15, 0.2) is 0 Å². The zero-order valence-corrected chi connectivity index (χ0v) is 12.6. The summed E-state index contributed by atoms with van der Waals surface area (Å²) in [4.78, 5) is 2.47. The summed E-state index contributed by atoms with van der Waals surface area (Å²) in [5.41, 5.74) is 2.18. The number of alkyl halides is 1. The van der Waals surface area contributed by atoms with Crippen LogP contribution in [-0.4, -0.2) is 33.1 Å². The third-order valence-electron chi connectivity index (χ3n) is 3.81. The average Bonchev–Trinajstić information content (AvgIpc) is 2.56. The number of aromatic nitrogens is 2. The van der Waals surface area contributed by atoms with E-state index in [9.17, 15) is 0 Å². The third-order valence-corrected chi connectivity index (χ3v) is 4.64. The van der Waals surface area contributed by atoms with Crippen molar-refractivity contribution in [3.63, 3.8) is 0 Å². The molecule has 1 saturated heterocycles. The van der Waals surface area contributed by atoms with E-state index in [1.807, 2.05) is 14.0 Å². The normalized spacial score (nSPS) is 22.1. The van der Waals surface area contributed by atoms with E-state index in [0.717, 1.165) is 29.5 Å². The Morgan fingerprint density at radius 1 is 1.33 bits per heavy atom. The molecule has 0 aromatic carbocycles. The molecule has 18 heavy (non-hydrogen) atoms. The summed E-state index contributed by atoms with van der Waals surface area (Å²) in [7, 11) is 1.89. The predicted molar refractivity (Wildman–Crippen MR) is 76.3 cm³/mol. The molecular weight excluding hydrogens is 269 g/mol. The lowest BCUT2D eigenvalue weighted by Crippen LogP contribution is -2.35. The molecule has 0 spiro atoms. The standard InChI is InChI=1S/C13H21Cl2N3/c1-10-12(13(15)17(2)16-10)9-18-7-5-3-4-6-11(18)8-14/h11H,3-9H2,1-2H3. The summed E-state index contributed by atoms with van der Waals surface area (Å²) < 4.78 is 1.75. The molecule has 1 aromatic heterocycles. The van der Waals surface area contributed by atoms with Crippen LogP contribution in [-0.2, 0) is 13.6 Å². The van der Waals surface area contributed by atoms with Crippen LogP contribution < -0.4 is 0 Å². The lowest BCUT2D eigenvalue weighted by Gasteiger charge is -2.28. The predicted octanol–water partition coefficient (Wildman–Crippen LogP) is 3.37. The second-order valence-corrected chi connectivity index (χ2v) is 5.77. The molecule has 1 atom stereocenters. The van der Waals surface area contributed by atoms with E-state index in [0.29, 0.717) is 11.9 Å². The number of hydrogen-bond donors (Lipinski definition) is 0. The maximum absolute atomic E-state index is 6.31.